The summed E-state index contributed by atoms with van der Waals surface area (Å²) in [6.45, 7) is 8.64. The summed E-state index contributed by atoms with van der Waals surface area (Å²) in [5.74, 6) is -0.0251. The highest BCUT2D eigenvalue weighted by Gasteiger charge is 2.24. The van der Waals surface area contributed by atoms with Gasteiger partial charge in [0.25, 0.3) is 5.91 Å². The van der Waals surface area contributed by atoms with Crippen LogP contribution in [-0.4, -0.2) is 47.2 Å². The maximum Gasteiger partial charge on any atom is 0.274 e. The lowest BCUT2D eigenvalue weighted by atomic mass is 10.0. The molecule has 0 aliphatic rings. The van der Waals surface area contributed by atoms with Crippen molar-refractivity contribution in [1.82, 2.24) is 20.4 Å². The normalized spacial score (nSPS) is 12.2. The van der Waals surface area contributed by atoms with Crippen molar-refractivity contribution in [3.63, 3.8) is 0 Å². The molecule has 6 heteroatoms. The molecule has 108 valence electrons. The summed E-state index contributed by atoms with van der Waals surface area (Å²) in [5.41, 5.74) is 7.33. The van der Waals surface area contributed by atoms with Crippen LogP contribution in [-0.2, 0) is 0 Å². The molecule has 0 aliphatic heterocycles. The minimum Gasteiger partial charge on any atom is -0.395 e. The quantitative estimate of drug-likeness (QED) is 0.747. The number of hydrogen-bond donors (Lipinski definition) is 3. The molecule has 0 atom stereocenters. The molecule has 0 saturated carbocycles. The highest BCUT2D eigenvalue weighted by Crippen LogP contribution is 2.22. The molecule has 0 saturated heterocycles. The van der Waals surface area contributed by atoms with Crippen molar-refractivity contribution >= 4 is 11.6 Å². The minimum absolute atomic E-state index is 0.123. The highest BCUT2D eigenvalue weighted by molar-refractivity contribution is 5.97. The SMILES string of the molecule is CC(C)c1[nH]nc(C(=O)NCC(C)(C)N(C)C)c1N. The lowest BCUT2D eigenvalue weighted by Gasteiger charge is -2.32. The molecule has 0 aromatic carbocycles. The van der Waals surface area contributed by atoms with Gasteiger partial charge in [0.1, 0.15) is 0 Å². The fourth-order valence-electron chi connectivity index (χ4n) is 1.52. The molecule has 1 aromatic rings. The molecular weight excluding hydrogens is 242 g/mol. The number of nitrogen functional groups attached to an aromatic ring is 1. The van der Waals surface area contributed by atoms with Crippen molar-refractivity contribution in [1.29, 1.82) is 0 Å². The van der Waals surface area contributed by atoms with Gasteiger partial charge in [0.15, 0.2) is 5.69 Å². The van der Waals surface area contributed by atoms with Gasteiger partial charge >= 0.3 is 0 Å². The Morgan fingerprint density at radius 3 is 2.47 bits per heavy atom. The van der Waals surface area contributed by atoms with E-state index in [-0.39, 0.29) is 23.1 Å². The van der Waals surface area contributed by atoms with Crippen LogP contribution in [0.1, 0.15) is 49.8 Å². The fraction of sp³-hybridized carbons (Fsp3) is 0.692. The third-order valence-electron chi connectivity index (χ3n) is 3.52. The number of aromatic amines is 1. The molecule has 1 aromatic heterocycles. The van der Waals surface area contributed by atoms with Gasteiger partial charge in [-0.25, -0.2) is 0 Å². The van der Waals surface area contributed by atoms with E-state index in [9.17, 15) is 4.79 Å². The monoisotopic (exact) mass is 267 g/mol. The molecule has 0 radical (unpaired) electrons. The van der Waals surface area contributed by atoms with E-state index >= 15 is 0 Å². The zero-order chi connectivity index (χ0) is 14.8. The Hall–Kier alpha value is -1.56. The maximum absolute atomic E-state index is 12.1. The molecule has 0 aliphatic carbocycles. The Kier molecular flexibility index (Phi) is 4.57. The molecule has 6 nitrogen and oxygen atoms in total. The van der Waals surface area contributed by atoms with E-state index in [0.717, 1.165) is 5.69 Å². The number of likely N-dealkylation sites (N-methyl/N-ethyl adjacent to an activating group) is 1. The second-order valence-electron chi connectivity index (χ2n) is 5.94. The number of H-pyrrole nitrogens is 1. The van der Waals surface area contributed by atoms with Gasteiger partial charge in [0.2, 0.25) is 0 Å². The van der Waals surface area contributed by atoms with Crippen LogP contribution in [0.25, 0.3) is 0 Å². The number of anilines is 1. The van der Waals surface area contributed by atoms with Crippen LogP contribution in [0.3, 0.4) is 0 Å². The van der Waals surface area contributed by atoms with E-state index in [1.807, 2.05) is 27.9 Å². The number of nitrogens with one attached hydrogen (secondary N) is 2. The number of carbonyl (C=O) groups excluding carboxylic acids is 1. The fourth-order valence-corrected chi connectivity index (χ4v) is 1.52. The molecule has 19 heavy (non-hydrogen) atoms. The first-order chi connectivity index (χ1) is 8.66. The van der Waals surface area contributed by atoms with Gasteiger partial charge in [-0.15, -0.1) is 0 Å². The first kappa shape index (κ1) is 15.5. The minimum atomic E-state index is -0.240. The second-order valence-corrected chi connectivity index (χ2v) is 5.94. The van der Waals surface area contributed by atoms with E-state index in [1.54, 1.807) is 0 Å². The number of nitrogens with zero attached hydrogens (tertiary/aromatic N) is 2. The Labute approximate surface area is 114 Å². The largest absolute Gasteiger partial charge is 0.395 e. The maximum atomic E-state index is 12.1. The molecule has 4 N–H and O–H groups in total. The van der Waals surface area contributed by atoms with Crippen LogP contribution in [0.5, 0.6) is 0 Å². The van der Waals surface area contributed by atoms with Gasteiger partial charge in [0, 0.05) is 12.1 Å². The lowest BCUT2D eigenvalue weighted by molar-refractivity contribution is 0.0915. The van der Waals surface area contributed by atoms with Crippen LogP contribution in [0.2, 0.25) is 0 Å². The summed E-state index contributed by atoms with van der Waals surface area (Å²) >= 11 is 0. The van der Waals surface area contributed by atoms with Gasteiger partial charge in [0.05, 0.1) is 11.4 Å². The molecule has 0 bridgehead atoms. The number of aromatic nitrogens is 2. The van der Waals surface area contributed by atoms with E-state index < -0.39 is 0 Å². The second kappa shape index (κ2) is 5.61. The molecule has 0 unspecified atom stereocenters. The van der Waals surface area contributed by atoms with Crippen molar-refractivity contribution in [3.05, 3.63) is 11.4 Å². The zero-order valence-electron chi connectivity index (χ0n) is 12.7. The number of amides is 1. The van der Waals surface area contributed by atoms with E-state index in [0.29, 0.717) is 12.2 Å². The summed E-state index contributed by atoms with van der Waals surface area (Å²) in [6, 6.07) is 0. The molecule has 1 amide bonds. The number of nitrogens with two attached hydrogens (primary N) is 1. The predicted octanol–water partition coefficient (Wildman–Crippen LogP) is 1.19. The summed E-state index contributed by atoms with van der Waals surface area (Å²) in [6.07, 6.45) is 0. The van der Waals surface area contributed by atoms with Gasteiger partial charge in [-0.2, -0.15) is 5.10 Å². The standard InChI is InChI=1S/C13H25N5O/c1-8(2)10-9(14)11(17-16-10)12(19)15-7-13(3,4)18(5)6/h8H,7,14H2,1-6H3,(H,15,19)(H,16,17). The van der Waals surface area contributed by atoms with Crippen molar-refractivity contribution < 1.29 is 4.79 Å². The van der Waals surface area contributed by atoms with E-state index in [2.05, 4.69) is 34.3 Å². The van der Waals surface area contributed by atoms with E-state index in [1.165, 1.54) is 0 Å². The Balaban J connectivity index is 2.75. The Morgan fingerprint density at radius 2 is 2.05 bits per heavy atom. The average molecular weight is 267 g/mol. The smallest absolute Gasteiger partial charge is 0.274 e. The summed E-state index contributed by atoms with van der Waals surface area (Å²) in [4.78, 5) is 14.1. The van der Waals surface area contributed by atoms with Crippen molar-refractivity contribution in [2.45, 2.75) is 39.2 Å². The van der Waals surface area contributed by atoms with Gasteiger partial charge in [-0.05, 0) is 33.9 Å². The third kappa shape index (κ3) is 3.47. The topological polar surface area (TPSA) is 87.0 Å². The number of carbonyl (C=O) groups is 1. The molecular formula is C13H25N5O. The lowest BCUT2D eigenvalue weighted by Crippen LogP contribution is -2.48. The summed E-state index contributed by atoms with van der Waals surface area (Å²) in [7, 11) is 3.96. The zero-order valence-corrected chi connectivity index (χ0v) is 12.7. The molecule has 1 rings (SSSR count). The van der Waals surface area contributed by atoms with Crippen LogP contribution in [0.15, 0.2) is 0 Å². The van der Waals surface area contributed by atoms with Crippen LogP contribution in [0, 0.1) is 0 Å². The van der Waals surface area contributed by atoms with Gasteiger partial charge in [-0.3, -0.25) is 9.89 Å². The third-order valence-corrected chi connectivity index (χ3v) is 3.52. The molecule has 0 fully saturated rings. The van der Waals surface area contributed by atoms with Crippen molar-refractivity contribution in [3.8, 4) is 0 Å². The Bertz CT molecular complexity index is 448. The van der Waals surface area contributed by atoms with Gasteiger partial charge < -0.3 is 16.0 Å². The van der Waals surface area contributed by atoms with Crippen LogP contribution >= 0.6 is 0 Å². The van der Waals surface area contributed by atoms with Gasteiger partial charge in [-0.1, -0.05) is 13.8 Å². The van der Waals surface area contributed by atoms with Crippen LogP contribution < -0.4 is 11.1 Å². The van der Waals surface area contributed by atoms with Crippen molar-refractivity contribution in [2.24, 2.45) is 0 Å². The first-order valence-electron chi connectivity index (χ1n) is 6.46. The predicted molar refractivity (Wildman–Crippen MR) is 77.2 cm³/mol. The van der Waals surface area contributed by atoms with Crippen molar-refractivity contribution in [2.75, 3.05) is 26.4 Å². The molecule has 1 heterocycles. The summed E-state index contributed by atoms with van der Waals surface area (Å²) < 4.78 is 0. The average Bonchev–Trinajstić information content (AvgIpc) is 2.68. The highest BCUT2D eigenvalue weighted by atomic mass is 16.2. The summed E-state index contributed by atoms with van der Waals surface area (Å²) in [5, 5.41) is 9.71. The molecule has 0 spiro atoms. The number of hydrogen-bond acceptors (Lipinski definition) is 4. The Morgan fingerprint density at radius 1 is 1.47 bits per heavy atom. The van der Waals surface area contributed by atoms with E-state index in [4.69, 9.17) is 5.73 Å². The van der Waals surface area contributed by atoms with Crippen LogP contribution in [0.4, 0.5) is 5.69 Å². The number of rotatable bonds is 5. The first-order valence-corrected chi connectivity index (χ1v) is 6.46.